The maximum absolute atomic E-state index is 9.23. The van der Waals surface area contributed by atoms with E-state index >= 15 is 0 Å². The Hall–Kier alpha value is -1.32. The first-order valence-corrected chi connectivity index (χ1v) is 6.31. The van der Waals surface area contributed by atoms with E-state index in [0.717, 1.165) is 25.3 Å². The van der Waals surface area contributed by atoms with Crippen molar-refractivity contribution in [1.29, 1.82) is 0 Å². The van der Waals surface area contributed by atoms with E-state index in [4.69, 9.17) is 4.74 Å². The highest BCUT2D eigenvalue weighted by Gasteiger charge is 2.03. The van der Waals surface area contributed by atoms with Gasteiger partial charge in [-0.25, -0.2) is 0 Å². The fourth-order valence-electron chi connectivity index (χ4n) is 1.64. The summed E-state index contributed by atoms with van der Waals surface area (Å²) < 4.78 is 5.43. The van der Waals surface area contributed by atoms with Crippen LogP contribution < -0.4 is 4.74 Å². The van der Waals surface area contributed by atoms with Gasteiger partial charge in [0.05, 0.1) is 6.10 Å². The van der Waals surface area contributed by atoms with Crippen LogP contribution in [0.1, 0.15) is 18.9 Å². The SMILES string of the molecule is C=CCOc1ccc(CN(C)CCC(C)O)cc1. The lowest BCUT2D eigenvalue weighted by molar-refractivity contribution is 0.163. The van der Waals surface area contributed by atoms with Crippen molar-refractivity contribution in [2.75, 3.05) is 20.2 Å². The molecule has 1 atom stereocenters. The number of aliphatic hydroxyl groups is 1. The molecule has 0 aromatic heterocycles. The third-order valence-electron chi connectivity index (χ3n) is 2.67. The summed E-state index contributed by atoms with van der Waals surface area (Å²) in [7, 11) is 2.06. The number of hydrogen-bond acceptors (Lipinski definition) is 3. The third-order valence-corrected chi connectivity index (χ3v) is 2.67. The second kappa shape index (κ2) is 7.90. The largest absolute Gasteiger partial charge is 0.490 e. The fourth-order valence-corrected chi connectivity index (χ4v) is 1.64. The molecule has 1 unspecified atom stereocenters. The number of ether oxygens (including phenoxy) is 1. The second-order valence-corrected chi connectivity index (χ2v) is 4.62. The van der Waals surface area contributed by atoms with Crippen LogP contribution >= 0.6 is 0 Å². The summed E-state index contributed by atoms with van der Waals surface area (Å²) >= 11 is 0. The van der Waals surface area contributed by atoms with Crippen LogP contribution in [0, 0.1) is 0 Å². The first-order valence-electron chi connectivity index (χ1n) is 6.31. The van der Waals surface area contributed by atoms with Crippen LogP contribution in [0.15, 0.2) is 36.9 Å². The van der Waals surface area contributed by atoms with E-state index in [1.165, 1.54) is 5.56 Å². The number of benzene rings is 1. The number of hydrogen-bond donors (Lipinski definition) is 1. The van der Waals surface area contributed by atoms with Crippen LogP contribution in [-0.4, -0.2) is 36.3 Å². The van der Waals surface area contributed by atoms with Crippen LogP contribution in [0.3, 0.4) is 0 Å². The molecule has 0 heterocycles. The molecule has 0 aliphatic carbocycles. The van der Waals surface area contributed by atoms with Gasteiger partial charge in [0.25, 0.3) is 0 Å². The van der Waals surface area contributed by atoms with Crippen molar-refractivity contribution in [3.05, 3.63) is 42.5 Å². The van der Waals surface area contributed by atoms with Gasteiger partial charge in [-0.2, -0.15) is 0 Å². The summed E-state index contributed by atoms with van der Waals surface area (Å²) in [5.74, 6) is 0.866. The van der Waals surface area contributed by atoms with Crippen molar-refractivity contribution < 1.29 is 9.84 Å². The topological polar surface area (TPSA) is 32.7 Å². The summed E-state index contributed by atoms with van der Waals surface area (Å²) in [6.45, 7) is 7.75. The molecule has 3 heteroatoms. The minimum atomic E-state index is -0.234. The maximum Gasteiger partial charge on any atom is 0.119 e. The molecule has 0 saturated carbocycles. The molecular weight excluding hydrogens is 226 g/mol. The highest BCUT2D eigenvalue weighted by molar-refractivity contribution is 5.27. The van der Waals surface area contributed by atoms with Crippen molar-refractivity contribution in [2.45, 2.75) is 26.0 Å². The number of aliphatic hydroxyl groups excluding tert-OH is 1. The Balaban J connectivity index is 2.40. The van der Waals surface area contributed by atoms with Crippen LogP contribution in [0.4, 0.5) is 0 Å². The van der Waals surface area contributed by atoms with E-state index < -0.39 is 0 Å². The Morgan fingerprint density at radius 3 is 2.61 bits per heavy atom. The lowest BCUT2D eigenvalue weighted by Gasteiger charge is -2.17. The third kappa shape index (κ3) is 5.84. The van der Waals surface area contributed by atoms with Crippen molar-refractivity contribution in [2.24, 2.45) is 0 Å². The van der Waals surface area contributed by atoms with Gasteiger partial charge < -0.3 is 14.7 Å². The van der Waals surface area contributed by atoms with E-state index in [1.54, 1.807) is 6.08 Å². The molecule has 3 nitrogen and oxygen atoms in total. The molecule has 1 rings (SSSR count). The molecule has 0 radical (unpaired) electrons. The lowest BCUT2D eigenvalue weighted by atomic mass is 10.2. The molecule has 0 aliphatic rings. The van der Waals surface area contributed by atoms with Gasteiger partial charge in [0.1, 0.15) is 12.4 Å². The van der Waals surface area contributed by atoms with Crippen LogP contribution in [0.2, 0.25) is 0 Å². The van der Waals surface area contributed by atoms with Crippen LogP contribution in [0.25, 0.3) is 0 Å². The molecule has 0 spiro atoms. The van der Waals surface area contributed by atoms with E-state index in [0.29, 0.717) is 6.61 Å². The number of rotatable bonds is 8. The van der Waals surface area contributed by atoms with Gasteiger partial charge in [0.15, 0.2) is 0 Å². The molecule has 0 fully saturated rings. The zero-order valence-corrected chi connectivity index (χ0v) is 11.3. The lowest BCUT2D eigenvalue weighted by Crippen LogP contribution is -2.22. The Morgan fingerprint density at radius 1 is 1.39 bits per heavy atom. The van der Waals surface area contributed by atoms with Gasteiger partial charge in [-0.05, 0) is 38.1 Å². The minimum absolute atomic E-state index is 0.234. The molecular formula is C15H23NO2. The Kier molecular flexibility index (Phi) is 6.47. The summed E-state index contributed by atoms with van der Waals surface area (Å²) in [6.07, 6.45) is 2.30. The van der Waals surface area contributed by atoms with Gasteiger partial charge in [-0.1, -0.05) is 24.8 Å². The summed E-state index contributed by atoms with van der Waals surface area (Å²) in [5, 5.41) is 9.23. The van der Waals surface area contributed by atoms with Gasteiger partial charge in [0, 0.05) is 13.1 Å². The van der Waals surface area contributed by atoms with Gasteiger partial charge >= 0.3 is 0 Å². The quantitative estimate of drug-likeness (QED) is 0.718. The molecule has 0 amide bonds. The van der Waals surface area contributed by atoms with Crippen molar-refractivity contribution in [1.82, 2.24) is 4.90 Å². The van der Waals surface area contributed by atoms with Gasteiger partial charge in [-0.3, -0.25) is 0 Å². The maximum atomic E-state index is 9.23. The molecule has 1 aromatic rings. The molecule has 0 bridgehead atoms. The smallest absolute Gasteiger partial charge is 0.119 e. The van der Waals surface area contributed by atoms with Gasteiger partial charge in [0.2, 0.25) is 0 Å². The second-order valence-electron chi connectivity index (χ2n) is 4.62. The Bertz CT molecular complexity index is 346. The highest BCUT2D eigenvalue weighted by atomic mass is 16.5. The predicted molar refractivity (Wildman–Crippen MR) is 74.8 cm³/mol. The normalized spacial score (nSPS) is 12.4. The zero-order valence-electron chi connectivity index (χ0n) is 11.3. The zero-order chi connectivity index (χ0) is 13.4. The van der Waals surface area contributed by atoms with E-state index in [1.807, 2.05) is 19.1 Å². The minimum Gasteiger partial charge on any atom is -0.490 e. The van der Waals surface area contributed by atoms with Crippen LogP contribution in [0.5, 0.6) is 5.75 Å². The van der Waals surface area contributed by atoms with E-state index in [2.05, 4.69) is 30.7 Å². The Morgan fingerprint density at radius 2 is 2.06 bits per heavy atom. The molecule has 100 valence electrons. The van der Waals surface area contributed by atoms with Crippen molar-refractivity contribution in [3.8, 4) is 5.75 Å². The summed E-state index contributed by atoms with van der Waals surface area (Å²) in [5.41, 5.74) is 1.24. The molecule has 0 aliphatic heterocycles. The molecule has 1 aromatic carbocycles. The molecule has 18 heavy (non-hydrogen) atoms. The highest BCUT2D eigenvalue weighted by Crippen LogP contribution is 2.13. The standard InChI is InChI=1S/C15H23NO2/c1-4-11-18-15-7-5-14(6-8-15)12-16(3)10-9-13(2)17/h4-8,13,17H,1,9-12H2,2-3H3. The van der Waals surface area contributed by atoms with Gasteiger partial charge in [-0.15, -0.1) is 0 Å². The van der Waals surface area contributed by atoms with Crippen molar-refractivity contribution in [3.63, 3.8) is 0 Å². The molecule has 1 N–H and O–H groups in total. The van der Waals surface area contributed by atoms with Crippen molar-refractivity contribution >= 4 is 0 Å². The summed E-state index contributed by atoms with van der Waals surface area (Å²) in [6, 6.07) is 8.08. The number of nitrogens with zero attached hydrogens (tertiary/aromatic N) is 1. The molecule has 0 saturated heterocycles. The first kappa shape index (κ1) is 14.7. The summed E-state index contributed by atoms with van der Waals surface area (Å²) in [4.78, 5) is 2.20. The van der Waals surface area contributed by atoms with E-state index in [-0.39, 0.29) is 6.10 Å². The monoisotopic (exact) mass is 249 g/mol. The first-order chi connectivity index (χ1) is 8.61. The Labute approximate surface area is 110 Å². The predicted octanol–water partition coefficient (Wildman–Crippen LogP) is 2.45. The fraction of sp³-hybridized carbons (Fsp3) is 0.467. The average Bonchev–Trinajstić information content (AvgIpc) is 2.35. The van der Waals surface area contributed by atoms with Crippen LogP contribution in [-0.2, 0) is 6.54 Å². The van der Waals surface area contributed by atoms with E-state index in [9.17, 15) is 5.11 Å². The average molecular weight is 249 g/mol.